The Labute approximate surface area is 47.3 Å². The van der Waals surface area contributed by atoms with Crippen molar-refractivity contribution in [3.8, 4) is 0 Å². The fourth-order valence-corrected chi connectivity index (χ4v) is 1.45. The molecule has 1 atom stereocenters. The minimum atomic E-state index is 0.154. The summed E-state index contributed by atoms with van der Waals surface area (Å²) >= 11 is 0. The number of hydrogen-bond acceptors (Lipinski definition) is 0. The second kappa shape index (κ2) is 1.74. The first-order valence-corrected chi connectivity index (χ1v) is 4.24. The molecule has 7 heavy (non-hydrogen) atoms. The molecule has 0 spiro atoms. The molecule has 0 saturated carbocycles. The SMILES string of the molecule is CC1=CC=C[SH]1C. The highest BCUT2D eigenvalue weighted by Gasteiger charge is 1.96. The van der Waals surface area contributed by atoms with E-state index in [4.69, 9.17) is 0 Å². The van der Waals surface area contributed by atoms with Gasteiger partial charge in [0.05, 0.1) is 0 Å². The quantitative estimate of drug-likeness (QED) is 0.458. The highest BCUT2D eigenvalue weighted by molar-refractivity contribution is 8.22. The molecule has 0 fully saturated rings. The van der Waals surface area contributed by atoms with Gasteiger partial charge in [-0.25, -0.2) is 10.9 Å². The topological polar surface area (TPSA) is 0 Å². The summed E-state index contributed by atoms with van der Waals surface area (Å²) in [7, 11) is 0.154. The minimum Gasteiger partial charge on any atom is -0.214 e. The summed E-state index contributed by atoms with van der Waals surface area (Å²) < 4.78 is 0. The summed E-state index contributed by atoms with van der Waals surface area (Å²) in [6, 6.07) is 0. The van der Waals surface area contributed by atoms with E-state index < -0.39 is 0 Å². The molecule has 1 aliphatic rings. The molecule has 1 rings (SSSR count). The first-order valence-electron chi connectivity index (χ1n) is 2.38. The summed E-state index contributed by atoms with van der Waals surface area (Å²) in [4.78, 5) is 1.54. The Kier molecular flexibility index (Phi) is 1.24. The normalized spacial score (nSPS) is 33.4. The second-order valence-electron chi connectivity index (χ2n) is 1.76. The van der Waals surface area contributed by atoms with Crippen LogP contribution in [0.3, 0.4) is 0 Å². The number of rotatable bonds is 0. The lowest BCUT2D eigenvalue weighted by Gasteiger charge is -2.03. The van der Waals surface area contributed by atoms with E-state index in [2.05, 4.69) is 30.7 Å². The van der Waals surface area contributed by atoms with Gasteiger partial charge in [-0.3, -0.25) is 0 Å². The van der Waals surface area contributed by atoms with E-state index in [-0.39, 0.29) is 10.9 Å². The molecule has 1 unspecified atom stereocenters. The van der Waals surface area contributed by atoms with Gasteiger partial charge in [-0.2, -0.15) is 0 Å². The fourth-order valence-electron chi connectivity index (χ4n) is 0.547. The zero-order valence-electron chi connectivity index (χ0n) is 4.68. The maximum Gasteiger partial charge on any atom is -0.0299 e. The maximum absolute atomic E-state index is 2.27. The van der Waals surface area contributed by atoms with Gasteiger partial charge in [-0.05, 0) is 23.5 Å². The molecule has 0 aromatic rings. The van der Waals surface area contributed by atoms with Crippen molar-refractivity contribution in [2.24, 2.45) is 0 Å². The van der Waals surface area contributed by atoms with Crippen LogP contribution >= 0.6 is 10.9 Å². The van der Waals surface area contributed by atoms with Gasteiger partial charge in [0, 0.05) is 0 Å². The highest BCUT2D eigenvalue weighted by Crippen LogP contribution is 2.35. The molecule has 0 aromatic heterocycles. The Morgan fingerprint density at radius 3 is 2.43 bits per heavy atom. The van der Waals surface area contributed by atoms with Crippen molar-refractivity contribution >= 4 is 10.9 Å². The van der Waals surface area contributed by atoms with Crippen LogP contribution in [-0.2, 0) is 0 Å². The third kappa shape index (κ3) is 0.885. The highest BCUT2D eigenvalue weighted by atomic mass is 32.2. The maximum atomic E-state index is 2.27. The monoisotopic (exact) mass is 114 g/mol. The van der Waals surface area contributed by atoms with E-state index in [0.29, 0.717) is 0 Å². The molecule has 0 saturated heterocycles. The van der Waals surface area contributed by atoms with Crippen LogP contribution in [-0.4, -0.2) is 6.26 Å². The van der Waals surface area contributed by atoms with Gasteiger partial charge in [-0.15, -0.1) is 0 Å². The lowest BCUT2D eigenvalue weighted by atomic mass is 10.5. The molecule has 0 amide bonds. The van der Waals surface area contributed by atoms with Crippen molar-refractivity contribution in [1.82, 2.24) is 0 Å². The Morgan fingerprint density at radius 1 is 1.57 bits per heavy atom. The molecule has 0 aliphatic carbocycles. The fraction of sp³-hybridized carbons (Fsp3) is 0.333. The lowest BCUT2D eigenvalue weighted by molar-refractivity contribution is 1.69. The molecule has 1 heterocycles. The van der Waals surface area contributed by atoms with Gasteiger partial charge in [-0.1, -0.05) is 12.2 Å². The average molecular weight is 114 g/mol. The van der Waals surface area contributed by atoms with Gasteiger partial charge in [0.15, 0.2) is 0 Å². The third-order valence-corrected chi connectivity index (χ3v) is 3.08. The zero-order chi connectivity index (χ0) is 5.28. The Hall–Kier alpha value is -0.170. The van der Waals surface area contributed by atoms with Crippen LogP contribution in [0.15, 0.2) is 22.5 Å². The minimum absolute atomic E-state index is 0.154. The van der Waals surface area contributed by atoms with Crippen LogP contribution in [0, 0.1) is 0 Å². The largest absolute Gasteiger partial charge is 0.214 e. The molecule has 40 valence electrons. The molecular weight excluding hydrogens is 104 g/mol. The van der Waals surface area contributed by atoms with Crippen molar-refractivity contribution in [2.45, 2.75) is 6.92 Å². The zero-order valence-corrected chi connectivity index (χ0v) is 5.57. The molecule has 1 aliphatic heterocycles. The van der Waals surface area contributed by atoms with Gasteiger partial charge in [0.2, 0.25) is 0 Å². The Morgan fingerprint density at radius 2 is 2.29 bits per heavy atom. The van der Waals surface area contributed by atoms with Gasteiger partial charge in [0.1, 0.15) is 0 Å². The Bertz CT molecular complexity index is 122. The van der Waals surface area contributed by atoms with E-state index in [9.17, 15) is 0 Å². The molecule has 0 aromatic carbocycles. The predicted molar refractivity (Wildman–Crippen MR) is 37.8 cm³/mol. The van der Waals surface area contributed by atoms with Crippen LogP contribution in [0.4, 0.5) is 0 Å². The van der Waals surface area contributed by atoms with Crippen LogP contribution in [0.2, 0.25) is 0 Å². The molecule has 1 heteroatoms. The van der Waals surface area contributed by atoms with E-state index in [0.717, 1.165) is 0 Å². The van der Waals surface area contributed by atoms with Gasteiger partial charge in [0.25, 0.3) is 0 Å². The van der Waals surface area contributed by atoms with Crippen molar-refractivity contribution < 1.29 is 0 Å². The van der Waals surface area contributed by atoms with Crippen molar-refractivity contribution in [1.29, 1.82) is 0 Å². The molecule has 0 N–H and O–H groups in total. The predicted octanol–water partition coefficient (Wildman–Crippen LogP) is 2.05. The molecule has 0 radical (unpaired) electrons. The number of hydrogen-bond donors (Lipinski definition) is 1. The second-order valence-corrected chi connectivity index (χ2v) is 3.99. The first kappa shape index (κ1) is 4.98. The van der Waals surface area contributed by atoms with Gasteiger partial charge >= 0.3 is 0 Å². The summed E-state index contributed by atoms with van der Waals surface area (Å²) in [6.45, 7) is 2.19. The van der Waals surface area contributed by atoms with Crippen molar-refractivity contribution in [3.05, 3.63) is 22.5 Å². The van der Waals surface area contributed by atoms with E-state index in [1.807, 2.05) is 0 Å². The van der Waals surface area contributed by atoms with Crippen molar-refractivity contribution in [2.75, 3.05) is 6.26 Å². The lowest BCUT2D eigenvalue weighted by Crippen LogP contribution is -1.64. The van der Waals surface area contributed by atoms with E-state index in [1.54, 1.807) is 0 Å². The Balaban J connectivity index is 2.69. The first-order chi connectivity index (χ1) is 3.30. The summed E-state index contributed by atoms with van der Waals surface area (Å²) in [6.07, 6.45) is 6.59. The smallest absolute Gasteiger partial charge is 0.0299 e. The van der Waals surface area contributed by atoms with Crippen LogP contribution < -0.4 is 0 Å². The standard InChI is InChI=1S/C6H10S/c1-6-4-3-5-7(6)2/h3-5,7H,1-2H3. The van der Waals surface area contributed by atoms with Crippen molar-refractivity contribution in [3.63, 3.8) is 0 Å². The number of allylic oxidation sites excluding steroid dienone is 3. The van der Waals surface area contributed by atoms with E-state index in [1.165, 1.54) is 4.91 Å². The molecule has 0 nitrogen and oxygen atoms in total. The van der Waals surface area contributed by atoms with Crippen LogP contribution in [0.25, 0.3) is 0 Å². The molecular formula is C6H10S. The third-order valence-electron chi connectivity index (χ3n) is 1.20. The van der Waals surface area contributed by atoms with Crippen LogP contribution in [0.1, 0.15) is 6.92 Å². The van der Waals surface area contributed by atoms with E-state index >= 15 is 0 Å². The average Bonchev–Trinajstić information content (AvgIpc) is 1.91. The summed E-state index contributed by atoms with van der Waals surface area (Å²) in [5, 5.41) is 2.27. The molecule has 0 bridgehead atoms. The summed E-state index contributed by atoms with van der Waals surface area (Å²) in [5.74, 6) is 0. The number of thiol groups is 1. The van der Waals surface area contributed by atoms with Gasteiger partial charge < -0.3 is 0 Å². The van der Waals surface area contributed by atoms with Crippen LogP contribution in [0.5, 0.6) is 0 Å². The summed E-state index contributed by atoms with van der Waals surface area (Å²) in [5.41, 5.74) is 0.